The van der Waals surface area contributed by atoms with Crippen molar-refractivity contribution in [3.63, 3.8) is 0 Å². The number of carbonyl (C=O) groups excluding carboxylic acids is 2. The molecular formula is C14H13ClN4O3. The maximum Gasteiger partial charge on any atom is 0.212 e. The quantitative estimate of drug-likeness (QED) is 0.513. The van der Waals surface area contributed by atoms with Gasteiger partial charge in [-0.2, -0.15) is 0 Å². The molecule has 2 amide bonds. The molecule has 0 radical (unpaired) electrons. The third-order valence-corrected chi connectivity index (χ3v) is 2.93. The minimum Gasteiger partial charge on any atom is -0.324 e. The minimum absolute atomic E-state index is 0.180. The number of pyridine rings is 1. The highest BCUT2D eigenvalue weighted by atomic mass is 35.5. The third kappa shape index (κ3) is 4.18. The van der Waals surface area contributed by atoms with Crippen LogP contribution in [0, 0.1) is 0 Å². The van der Waals surface area contributed by atoms with Crippen molar-refractivity contribution in [1.82, 2.24) is 4.98 Å². The molecule has 1 aromatic carbocycles. The molecule has 7 nitrogen and oxygen atoms in total. The standard InChI is InChI=1S/C14H13ClN4O3/c15-11-6-12(16-8-20)18-14(13(11)17-9-21)19-22-7-10-4-2-1-3-5-10/h1-6,8-9H,7H2,(H,17,21)(H2,16,18,19,20). The largest absolute Gasteiger partial charge is 0.324 e. The second-order valence-corrected chi connectivity index (χ2v) is 4.52. The van der Waals surface area contributed by atoms with Crippen molar-refractivity contribution in [1.29, 1.82) is 0 Å². The fourth-order valence-electron chi connectivity index (χ4n) is 1.68. The van der Waals surface area contributed by atoms with Gasteiger partial charge in [0.05, 0.1) is 11.6 Å². The van der Waals surface area contributed by atoms with Gasteiger partial charge in [-0.05, 0) is 5.56 Å². The Kier molecular flexibility index (Phi) is 5.70. The third-order valence-electron chi connectivity index (χ3n) is 2.63. The van der Waals surface area contributed by atoms with Crippen LogP contribution < -0.4 is 16.1 Å². The molecular weight excluding hydrogens is 308 g/mol. The number of rotatable bonds is 8. The Morgan fingerprint density at radius 3 is 2.55 bits per heavy atom. The number of nitrogens with zero attached hydrogens (tertiary/aromatic N) is 1. The first-order valence-electron chi connectivity index (χ1n) is 6.27. The number of amides is 2. The van der Waals surface area contributed by atoms with Crippen molar-refractivity contribution in [3.05, 3.63) is 47.0 Å². The summed E-state index contributed by atoms with van der Waals surface area (Å²) in [6, 6.07) is 10.9. The van der Waals surface area contributed by atoms with E-state index >= 15 is 0 Å². The topological polar surface area (TPSA) is 92.4 Å². The van der Waals surface area contributed by atoms with Crippen LogP contribution in [-0.4, -0.2) is 17.8 Å². The molecule has 0 atom stereocenters. The molecule has 1 heterocycles. The molecule has 0 aliphatic rings. The van der Waals surface area contributed by atoms with Gasteiger partial charge in [0.25, 0.3) is 0 Å². The molecule has 8 heteroatoms. The summed E-state index contributed by atoms with van der Waals surface area (Å²) in [6.07, 6.45) is 0.943. The molecule has 3 N–H and O–H groups in total. The molecule has 0 unspecified atom stereocenters. The molecule has 0 fully saturated rings. The van der Waals surface area contributed by atoms with Crippen LogP contribution >= 0.6 is 11.6 Å². The predicted molar refractivity (Wildman–Crippen MR) is 83.5 cm³/mol. The first-order chi connectivity index (χ1) is 10.7. The zero-order valence-electron chi connectivity index (χ0n) is 11.4. The van der Waals surface area contributed by atoms with Gasteiger partial charge >= 0.3 is 0 Å². The molecule has 1 aromatic heterocycles. The number of halogens is 1. The van der Waals surface area contributed by atoms with Crippen LogP contribution in [0.2, 0.25) is 5.02 Å². The SMILES string of the molecule is O=CNc1cc(Cl)c(NC=O)c(NOCc2ccccc2)n1. The molecule has 114 valence electrons. The van der Waals surface area contributed by atoms with Crippen molar-refractivity contribution < 1.29 is 14.4 Å². The highest BCUT2D eigenvalue weighted by Crippen LogP contribution is 2.31. The van der Waals surface area contributed by atoms with Gasteiger partial charge in [-0.3, -0.25) is 14.4 Å². The predicted octanol–water partition coefficient (Wildman–Crippen LogP) is 2.42. The molecule has 22 heavy (non-hydrogen) atoms. The molecule has 0 aliphatic carbocycles. The normalized spacial score (nSPS) is 9.86. The summed E-state index contributed by atoms with van der Waals surface area (Å²) in [6.45, 7) is 0.284. The maximum atomic E-state index is 10.6. The van der Waals surface area contributed by atoms with E-state index in [2.05, 4.69) is 21.1 Å². The monoisotopic (exact) mass is 320 g/mol. The summed E-state index contributed by atoms with van der Waals surface area (Å²) in [5.74, 6) is 0.405. The van der Waals surface area contributed by atoms with E-state index in [9.17, 15) is 9.59 Å². The average Bonchev–Trinajstić information content (AvgIpc) is 2.52. The lowest BCUT2D eigenvalue weighted by Crippen LogP contribution is -2.09. The number of nitrogens with one attached hydrogen (secondary N) is 3. The summed E-state index contributed by atoms with van der Waals surface area (Å²) < 4.78 is 0. The summed E-state index contributed by atoms with van der Waals surface area (Å²) in [5.41, 5.74) is 3.82. The van der Waals surface area contributed by atoms with E-state index < -0.39 is 0 Å². The van der Waals surface area contributed by atoms with E-state index in [1.165, 1.54) is 6.07 Å². The number of hydrogen-bond acceptors (Lipinski definition) is 5. The smallest absolute Gasteiger partial charge is 0.212 e. The van der Waals surface area contributed by atoms with Crippen LogP contribution in [0.4, 0.5) is 17.3 Å². The summed E-state index contributed by atoms with van der Waals surface area (Å²) in [5, 5.41) is 5.01. The van der Waals surface area contributed by atoms with Gasteiger partial charge in [-0.15, -0.1) is 0 Å². The highest BCUT2D eigenvalue weighted by molar-refractivity contribution is 6.34. The Morgan fingerprint density at radius 1 is 1.14 bits per heavy atom. The van der Waals surface area contributed by atoms with Crippen molar-refractivity contribution in [2.75, 3.05) is 16.1 Å². The molecule has 0 spiro atoms. The lowest BCUT2D eigenvalue weighted by atomic mass is 10.2. The van der Waals surface area contributed by atoms with Crippen LogP contribution in [0.15, 0.2) is 36.4 Å². The van der Waals surface area contributed by atoms with Gasteiger partial charge in [0.2, 0.25) is 12.8 Å². The maximum absolute atomic E-state index is 10.6. The average molecular weight is 321 g/mol. The number of benzene rings is 1. The second-order valence-electron chi connectivity index (χ2n) is 4.11. The Morgan fingerprint density at radius 2 is 1.86 bits per heavy atom. The van der Waals surface area contributed by atoms with E-state index in [4.69, 9.17) is 16.4 Å². The van der Waals surface area contributed by atoms with E-state index in [1.54, 1.807) is 0 Å². The van der Waals surface area contributed by atoms with Gasteiger partial charge in [-0.25, -0.2) is 10.5 Å². The van der Waals surface area contributed by atoms with Gasteiger partial charge in [0.15, 0.2) is 5.82 Å². The van der Waals surface area contributed by atoms with Crippen molar-refractivity contribution in [2.24, 2.45) is 0 Å². The lowest BCUT2D eigenvalue weighted by molar-refractivity contribution is -0.106. The van der Waals surface area contributed by atoms with Crippen molar-refractivity contribution >= 4 is 41.7 Å². The van der Waals surface area contributed by atoms with Crippen molar-refractivity contribution in [2.45, 2.75) is 6.61 Å². The van der Waals surface area contributed by atoms with E-state index in [1.807, 2.05) is 30.3 Å². The fraction of sp³-hybridized carbons (Fsp3) is 0.0714. The lowest BCUT2D eigenvalue weighted by Gasteiger charge is -2.13. The Hall–Kier alpha value is -2.64. The number of hydrogen-bond donors (Lipinski definition) is 3. The van der Waals surface area contributed by atoms with Crippen molar-refractivity contribution in [3.8, 4) is 0 Å². The zero-order valence-corrected chi connectivity index (χ0v) is 12.1. The van der Waals surface area contributed by atoms with E-state index in [0.717, 1.165) is 5.56 Å². The summed E-state index contributed by atoms with van der Waals surface area (Å²) in [7, 11) is 0. The van der Waals surface area contributed by atoms with Crippen LogP contribution in [0.25, 0.3) is 0 Å². The molecule has 2 rings (SSSR count). The van der Waals surface area contributed by atoms with Gasteiger partial charge < -0.3 is 10.6 Å². The number of carbonyl (C=O) groups is 2. The Labute approximate surface area is 131 Å². The Bertz CT molecular complexity index is 652. The molecule has 0 bridgehead atoms. The van der Waals surface area contributed by atoms with Gasteiger partial charge in [0, 0.05) is 6.07 Å². The minimum atomic E-state index is 0.180. The van der Waals surface area contributed by atoms with E-state index in [-0.39, 0.29) is 29.0 Å². The Balaban J connectivity index is 2.12. The zero-order chi connectivity index (χ0) is 15.8. The van der Waals surface area contributed by atoms with Crippen LogP contribution in [-0.2, 0) is 21.0 Å². The first kappa shape index (κ1) is 15.7. The highest BCUT2D eigenvalue weighted by Gasteiger charge is 2.11. The first-order valence-corrected chi connectivity index (χ1v) is 6.65. The second kappa shape index (κ2) is 7.96. The van der Waals surface area contributed by atoms with Gasteiger partial charge in [0.1, 0.15) is 11.5 Å². The van der Waals surface area contributed by atoms with Crippen LogP contribution in [0.5, 0.6) is 0 Å². The number of anilines is 3. The summed E-state index contributed by atoms with van der Waals surface area (Å²) >= 11 is 6.03. The van der Waals surface area contributed by atoms with Crippen LogP contribution in [0.1, 0.15) is 5.56 Å². The fourth-order valence-corrected chi connectivity index (χ4v) is 1.93. The van der Waals surface area contributed by atoms with Gasteiger partial charge in [-0.1, -0.05) is 41.9 Å². The molecule has 2 aromatic rings. The summed E-state index contributed by atoms with van der Waals surface area (Å²) in [4.78, 5) is 30.6. The van der Waals surface area contributed by atoms with E-state index in [0.29, 0.717) is 12.8 Å². The molecule has 0 saturated heterocycles. The molecule has 0 aliphatic heterocycles. The number of aromatic nitrogens is 1. The van der Waals surface area contributed by atoms with Crippen LogP contribution in [0.3, 0.4) is 0 Å². The molecule has 0 saturated carbocycles.